The highest BCUT2D eigenvalue weighted by atomic mass is 16.4. The van der Waals surface area contributed by atoms with Crippen LogP contribution in [-0.4, -0.2) is 42.1 Å². The summed E-state index contributed by atoms with van der Waals surface area (Å²) in [6.07, 6.45) is 3.66. The van der Waals surface area contributed by atoms with Gasteiger partial charge in [0.1, 0.15) is 0 Å². The maximum atomic E-state index is 12.4. The van der Waals surface area contributed by atoms with E-state index in [1.165, 1.54) is 6.42 Å². The Morgan fingerprint density at radius 1 is 1.29 bits per heavy atom. The second-order valence-corrected chi connectivity index (χ2v) is 6.45. The molecule has 1 aliphatic heterocycles. The molecule has 0 bridgehead atoms. The van der Waals surface area contributed by atoms with Gasteiger partial charge in [-0.3, -0.25) is 9.36 Å². The highest BCUT2D eigenvalue weighted by molar-refractivity contribution is 5.77. The van der Waals surface area contributed by atoms with E-state index in [1.807, 2.05) is 30.1 Å². The average Bonchev–Trinajstić information content (AvgIpc) is 2.93. The summed E-state index contributed by atoms with van der Waals surface area (Å²) in [4.78, 5) is 26.3. The number of hydrogen-bond acceptors (Lipinski definition) is 4. The lowest BCUT2D eigenvalue weighted by Gasteiger charge is -2.32. The molecule has 1 aromatic carbocycles. The van der Waals surface area contributed by atoms with Gasteiger partial charge in [-0.2, -0.15) is 0 Å². The Balaban J connectivity index is 1.54. The zero-order valence-electron chi connectivity index (χ0n) is 14.2. The molecule has 0 unspecified atom stereocenters. The molecule has 2 aromatic rings. The first-order valence-electron chi connectivity index (χ1n) is 8.70. The lowest BCUT2D eigenvalue weighted by atomic mass is 9.93. The summed E-state index contributed by atoms with van der Waals surface area (Å²) in [5.41, 5.74) is 1.32. The number of para-hydroxylation sites is 2. The van der Waals surface area contributed by atoms with Crippen LogP contribution in [0.3, 0.4) is 0 Å². The van der Waals surface area contributed by atoms with Crippen molar-refractivity contribution in [2.24, 2.45) is 5.92 Å². The van der Waals surface area contributed by atoms with Crippen molar-refractivity contribution < 1.29 is 9.21 Å². The fourth-order valence-electron chi connectivity index (χ4n) is 3.41. The Labute approximate surface area is 141 Å². The molecule has 6 heteroatoms. The number of fused-ring (bicyclic) bond motifs is 1. The number of carbonyl (C=O) groups is 1. The number of nitrogens with zero attached hydrogens (tertiary/aromatic N) is 2. The molecule has 0 radical (unpaired) electrons. The van der Waals surface area contributed by atoms with Crippen molar-refractivity contribution >= 4 is 17.0 Å². The zero-order chi connectivity index (χ0) is 16.9. The van der Waals surface area contributed by atoms with Crippen molar-refractivity contribution in [1.82, 2.24) is 14.8 Å². The molecule has 130 valence electrons. The fraction of sp³-hybridized carbons (Fsp3) is 0.556. The number of piperidine rings is 1. The molecule has 0 spiro atoms. The van der Waals surface area contributed by atoms with Crippen LogP contribution in [-0.2, 0) is 11.3 Å². The molecule has 0 aliphatic carbocycles. The summed E-state index contributed by atoms with van der Waals surface area (Å²) >= 11 is 0. The van der Waals surface area contributed by atoms with Gasteiger partial charge in [0.2, 0.25) is 5.91 Å². The Morgan fingerprint density at radius 3 is 2.79 bits per heavy atom. The van der Waals surface area contributed by atoms with Crippen LogP contribution in [0.4, 0.5) is 0 Å². The topological polar surface area (TPSA) is 67.5 Å². The summed E-state index contributed by atoms with van der Waals surface area (Å²) in [5, 5.41) is 3.18. The molecule has 1 amide bonds. The van der Waals surface area contributed by atoms with Gasteiger partial charge in [-0.25, -0.2) is 4.79 Å². The molecule has 0 atom stereocenters. The molecule has 0 saturated carbocycles. The van der Waals surface area contributed by atoms with E-state index in [4.69, 9.17) is 4.42 Å². The van der Waals surface area contributed by atoms with Gasteiger partial charge in [0.05, 0.1) is 5.52 Å². The van der Waals surface area contributed by atoms with Gasteiger partial charge in [0, 0.05) is 26.1 Å². The van der Waals surface area contributed by atoms with Crippen LogP contribution >= 0.6 is 0 Å². The number of nitrogens with one attached hydrogen (secondary N) is 1. The maximum absolute atomic E-state index is 12.4. The molecule has 1 aliphatic rings. The van der Waals surface area contributed by atoms with E-state index in [-0.39, 0.29) is 5.91 Å². The number of hydrogen-bond donors (Lipinski definition) is 1. The number of oxazole rings is 1. The molecule has 1 aromatic heterocycles. The lowest BCUT2D eigenvalue weighted by molar-refractivity contribution is -0.132. The van der Waals surface area contributed by atoms with Crippen LogP contribution in [0, 0.1) is 5.92 Å². The molecular weight excluding hydrogens is 306 g/mol. The van der Waals surface area contributed by atoms with E-state index in [2.05, 4.69) is 5.32 Å². The summed E-state index contributed by atoms with van der Waals surface area (Å²) < 4.78 is 6.75. The molecule has 1 N–H and O–H groups in total. The third-order valence-electron chi connectivity index (χ3n) is 4.89. The first-order valence-corrected chi connectivity index (χ1v) is 8.70. The van der Waals surface area contributed by atoms with Gasteiger partial charge < -0.3 is 14.6 Å². The molecule has 1 fully saturated rings. The summed E-state index contributed by atoms with van der Waals surface area (Å²) in [5.74, 6) is 0.441. The van der Waals surface area contributed by atoms with Crippen molar-refractivity contribution in [3.63, 3.8) is 0 Å². The predicted octanol–water partition coefficient (Wildman–Crippen LogP) is 1.83. The number of benzene rings is 1. The molecule has 1 saturated heterocycles. The second kappa shape index (κ2) is 7.66. The summed E-state index contributed by atoms with van der Waals surface area (Å²) in [6.45, 7) is 3.06. The molecule has 24 heavy (non-hydrogen) atoms. The fourth-order valence-corrected chi connectivity index (χ4v) is 3.41. The first-order chi connectivity index (χ1) is 11.7. The normalized spacial score (nSPS) is 16.0. The standard InChI is InChI=1S/C18H25N3O3/c1-19-10-6-14-7-11-20(12-8-14)17(22)9-13-21-15-4-2-3-5-16(15)24-18(21)23/h2-5,14,19H,6-13H2,1H3. The van der Waals surface area contributed by atoms with E-state index in [0.29, 0.717) is 24.5 Å². The van der Waals surface area contributed by atoms with Gasteiger partial charge in [0.15, 0.2) is 5.58 Å². The van der Waals surface area contributed by atoms with Gasteiger partial charge in [0.25, 0.3) is 0 Å². The van der Waals surface area contributed by atoms with Crippen LogP contribution in [0.25, 0.3) is 11.1 Å². The van der Waals surface area contributed by atoms with Gasteiger partial charge in [-0.05, 0) is 50.9 Å². The monoisotopic (exact) mass is 331 g/mol. The van der Waals surface area contributed by atoms with Crippen molar-refractivity contribution in [3.05, 3.63) is 34.8 Å². The minimum atomic E-state index is -0.394. The Kier molecular flexibility index (Phi) is 5.35. The molecule has 2 heterocycles. The van der Waals surface area contributed by atoms with Crippen molar-refractivity contribution in [3.8, 4) is 0 Å². The quantitative estimate of drug-likeness (QED) is 0.877. The first kappa shape index (κ1) is 16.8. The van der Waals surface area contributed by atoms with Crippen LogP contribution in [0.15, 0.2) is 33.5 Å². The van der Waals surface area contributed by atoms with Crippen molar-refractivity contribution in [2.45, 2.75) is 32.2 Å². The number of likely N-dealkylation sites (tertiary alicyclic amines) is 1. The molecular formula is C18H25N3O3. The Hall–Kier alpha value is -2.08. The van der Waals surface area contributed by atoms with E-state index in [9.17, 15) is 9.59 Å². The minimum Gasteiger partial charge on any atom is -0.408 e. The Bertz CT molecular complexity index is 741. The number of rotatable bonds is 6. The average molecular weight is 331 g/mol. The number of amides is 1. The van der Waals surface area contributed by atoms with E-state index in [1.54, 1.807) is 10.6 Å². The summed E-state index contributed by atoms with van der Waals surface area (Å²) in [7, 11) is 1.97. The van der Waals surface area contributed by atoms with E-state index < -0.39 is 5.76 Å². The smallest absolute Gasteiger partial charge is 0.408 e. The summed E-state index contributed by atoms with van der Waals surface area (Å²) in [6, 6.07) is 7.31. The molecule has 6 nitrogen and oxygen atoms in total. The highest BCUT2D eigenvalue weighted by Crippen LogP contribution is 2.20. The van der Waals surface area contributed by atoms with Crippen LogP contribution < -0.4 is 11.1 Å². The van der Waals surface area contributed by atoms with Gasteiger partial charge in [-0.15, -0.1) is 0 Å². The van der Waals surface area contributed by atoms with Gasteiger partial charge in [-0.1, -0.05) is 12.1 Å². The predicted molar refractivity (Wildman–Crippen MR) is 92.9 cm³/mol. The maximum Gasteiger partial charge on any atom is 0.419 e. The van der Waals surface area contributed by atoms with Crippen LogP contribution in [0.5, 0.6) is 0 Å². The largest absolute Gasteiger partial charge is 0.419 e. The minimum absolute atomic E-state index is 0.124. The van der Waals surface area contributed by atoms with Crippen LogP contribution in [0.2, 0.25) is 0 Å². The molecule has 3 rings (SSSR count). The zero-order valence-corrected chi connectivity index (χ0v) is 14.2. The van der Waals surface area contributed by atoms with Gasteiger partial charge >= 0.3 is 5.76 Å². The highest BCUT2D eigenvalue weighted by Gasteiger charge is 2.22. The number of aryl methyl sites for hydroxylation is 1. The lowest BCUT2D eigenvalue weighted by Crippen LogP contribution is -2.39. The van der Waals surface area contributed by atoms with Crippen molar-refractivity contribution in [2.75, 3.05) is 26.7 Å². The number of carbonyl (C=O) groups excluding carboxylic acids is 1. The second-order valence-electron chi connectivity index (χ2n) is 6.45. The Morgan fingerprint density at radius 2 is 2.04 bits per heavy atom. The van der Waals surface area contributed by atoms with Crippen LogP contribution in [0.1, 0.15) is 25.7 Å². The number of aromatic nitrogens is 1. The third-order valence-corrected chi connectivity index (χ3v) is 4.89. The van der Waals surface area contributed by atoms with Crippen molar-refractivity contribution in [1.29, 1.82) is 0 Å². The SMILES string of the molecule is CNCCC1CCN(C(=O)CCn2c(=O)oc3ccccc32)CC1. The van der Waals surface area contributed by atoms with E-state index in [0.717, 1.165) is 38.0 Å². The van der Waals surface area contributed by atoms with E-state index >= 15 is 0 Å². The third kappa shape index (κ3) is 3.70.